The second-order valence-electron chi connectivity index (χ2n) is 4.86. The van der Waals surface area contributed by atoms with Crippen molar-refractivity contribution in [1.82, 2.24) is 4.90 Å². The van der Waals surface area contributed by atoms with E-state index in [-0.39, 0.29) is 18.2 Å². The summed E-state index contributed by atoms with van der Waals surface area (Å²) in [7, 11) is 4.00. The number of nitrogens with zero attached hydrogens (tertiary/aromatic N) is 1. The Hall–Kier alpha value is -2.11. The first-order valence-corrected chi connectivity index (χ1v) is 6.42. The first-order chi connectivity index (χ1) is 9.58. The average molecular weight is 273 g/mol. The maximum Gasteiger partial charge on any atom is 0.291 e. The molecule has 5 nitrogen and oxygen atoms in total. The Morgan fingerprint density at radius 1 is 1.30 bits per heavy atom. The third-order valence-corrected chi connectivity index (χ3v) is 2.77. The molecule has 0 saturated heterocycles. The molecule has 0 spiro atoms. The van der Waals surface area contributed by atoms with Crippen LogP contribution in [0.25, 0.3) is 0 Å². The minimum atomic E-state index is -0.272. The zero-order chi connectivity index (χ0) is 14.5. The van der Waals surface area contributed by atoms with Crippen LogP contribution < -0.4 is 11.1 Å². The fourth-order valence-corrected chi connectivity index (χ4v) is 1.91. The molecule has 0 aliphatic rings. The van der Waals surface area contributed by atoms with E-state index in [1.54, 1.807) is 12.1 Å². The molecule has 5 heteroatoms. The largest absolute Gasteiger partial charge is 0.455 e. The third kappa shape index (κ3) is 3.69. The molecule has 0 unspecified atom stereocenters. The molecular weight excluding hydrogens is 254 g/mol. The summed E-state index contributed by atoms with van der Waals surface area (Å²) >= 11 is 0. The normalized spacial score (nSPS) is 10.8. The number of carbonyl (C=O) groups excluding carboxylic acids is 1. The van der Waals surface area contributed by atoms with E-state index in [4.69, 9.17) is 10.2 Å². The standard InChI is InChI=1S/C15H19N3O2/c1-18(2)10-11-4-3-5-12(8-11)17-15(19)14-7-6-13(9-16)20-14/h3-8H,9-10,16H2,1-2H3,(H,17,19). The number of benzene rings is 1. The second-order valence-corrected chi connectivity index (χ2v) is 4.86. The van der Waals surface area contributed by atoms with Gasteiger partial charge in [0.15, 0.2) is 5.76 Å². The summed E-state index contributed by atoms with van der Waals surface area (Å²) in [6, 6.07) is 11.1. The first kappa shape index (κ1) is 14.3. The minimum absolute atomic E-state index is 0.267. The van der Waals surface area contributed by atoms with E-state index in [0.717, 1.165) is 17.8 Å². The van der Waals surface area contributed by atoms with Crippen LogP contribution in [-0.2, 0) is 13.1 Å². The highest BCUT2D eigenvalue weighted by Crippen LogP contribution is 2.14. The van der Waals surface area contributed by atoms with Crippen molar-refractivity contribution in [2.45, 2.75) is 13.1 Å². The first-order valence-electron chi connectivity index (χ1n) is 6.42. The summed E-state index contributed by atoms with van der Waals surface area (Å²) in [5.74, 6) is 0.590. The lowest BCUT2D eigenvalue weighted by atomic mass is 10.2. The summed E-state index contributed by atoms with van der Waals surface area (Å²) in [5.41, 5.74) is 7.34. The number of furan rings is 1. The van der Waals surface area contributed by atoms with Gasteiger partial charge in [-0.05, 0) is 43.9 Å². The van der Waals surface area contributed by atoms with Crippen LogP contribution in [0.3, 0.4) is 0 Å². The molecule has 0 bridgehead atoms. The van der Waals surface area contributed by atoms with Crippen LogP contribution >= 0.6 is 0 Å². The Morgan fingerprint density at radius 2 is 2.10 bits per heavy atom. The van der Waals surface area contributed by atoms with E-state index >= 15 is 0 Å². The number of carbonyl (C=O) groups is 1. The highest BCUT2D eigenvalue weighted by Gasteiger charge is 2.11. The van der Waals surface area contributed by atoms with Gasteiger partial charge in [0.25, 0.3) is 5.91 Å². The average Bonchev–Trinajstić information content (AvgIpc) is 2.87. The molecule has 1 heterocycles. The van der Waals surface area contributed by atoms with Gasteiger partial charge in [0, 0.05) is 12.2 Å². The highest BCUT2D eigenvalue weighted by atomic mass is 16.4. The monoisotopic (exact) mass is 273 g/mol. The Morgan fingerprint density at radius 3 is 2.75 bits per heavy atom. The zero-order valence-corrected chi connectivity index (χ0v) is 11.7. The molecule has 3 N–H and O–H groups in total. The maximum atomic E-state index is 12.0. The maximum absolute atomic E-state index is 12.0. The number of hydrogen-bond acceptors (Lipinski definition) is 4. The van der Waals surface area contributed by atoms with E-state index in [1.807, 2.05) is 38.4 Å². The molecule has 0 saturated carbocycles. The van der Waals surface area contributed by atoms with Gasteiger partial charge < -0.3 is 20.4 Å². The van der Waals surface area contributed by atoms with E-state index in [2.05, 4.69) is 10.2 Å². The van der Waals surface area contributed by atoms with Crippen LogP contribution in [0.15, 0.2) is 40.8 Å². The molecule has 2 aromatic rings. The summed E-state index contributed by atoms with van der Waals surface area (Å²) in [6.07, 6.45) is 0. The van der Waals surface area contributed by atoms with Gasteiger partial charge in [-0.1, -0.05) is 12.1 Å². The molecule has 0 atom stereocenters. The number of nitrogens with two attached hydrogens (primary N) is 1. The summed E-state index contributed by atoms with van der Waals surface area (Å²) in [5, 5.41) is 2.82. The van der Waals surface area contributed by atoms with E-state index in [9.17, 15) is 4.79 Å². The van der Waals surface area contributed by atoms with Gasteiger partial charge in [0.2, 0.25) is 0 Å². The Bertz CT molecular complexity index is 590. The van der Waals surface area contributed by atoms with Crippen LogP contribution in [0.2, 0.25) is 0 Å². The minimum Gasteiger partial charge on any atom is -0.455 e. The quantitative estimate of drug-likeness (QED) is 0.874. The van der Waals surface area contributed by atoms with Crippen molar-refractivity contribution in [2.24, 2.45) is 5.73 Å². The Labute approximate surface area is 118 Å². The second kappa shape index (κ2) is 6.36. The molecule has 0 aliphatic carbocycles. The van der Waals surface area contributed by atoms with Crippen molar-refractivity contribution in [3.8, 4) is 0 Å². The zero-order valence-electron chi connectivity index (χ0n) is 11.7. The molecule has 0 fully saturated rings. The predicted molar refractivity (Wildman–Crippen MR) is 78.4 cm³/mol. The number of amides is 1. The van der Waals surface area contributed by atoms with Crippen LogP contribution in [0.1, 0.15) is 21.9 Å². The molecular formula is C15H19N3O2. The fraction of sp³-hybridized carbons (Fsp3) is 0.267. The smallest absolute Gasteiger partial charge is 0.291 e. The lowest BCUT2D eigenvalue weighted by Gasteiger charge is -2.11. The number of rotatable bonds is 5. The van der Waals surface area contributed by atoms with E-state index < -0.39 is 0 Å². The van der Waals surface area contributed by atoms with Crippen molar-refractivity contribution in [3.63, 3.8) is 0 Å². The molecule has 0 radical (unpaired) electrons. The Balaban J connectivity index is 2.07. The van der Waals surface area contributed by atoms with Gasteiger partial charge in [-0.2, -0.15) is 0 Å². The van der Waals surface area contributed by atoms with Crippen molar-refractivity contribution in [2.75, 3.05) is 19.4 Å². The number of anilines is 1. The topological polar surface area (TPSA) is 71.5 Å². The molecule has 20 heavy (non-hydrogen) atoms. The van der Waals surface area contributed by atoms with Crippen molar-refractivity contribution in [3.05, 3.63) is 53.5 Å². The van der Waals surface area contributed by atoms with Crippen LogP contribution in [0.4, 0.5) is 5.69 Å². The van der Waals surface area contributed by atoms with Gasteiger partial charge >= 0.3 is 0 Å². The van der Waals surface area contributed by atoms with Crippen molar-refractivity contribution >= 4 is 11.6 Å². The lowest BCUT2D eigenvalue weighted by Crippen LogP contribution is -2.13. The van der Waals surface area contributed by atoms with Crippen LogP contribution in [0, 0.1) is 0 Å². The SMILES string of the molecule is CN(C)Cc1cccc(NC(=O)c2ccc(CN)o2)c1. The van der Waals surface area contributed by atoms with Crippen LogP contribution in [-0.4, -0.2) is 24.9 Å². The van der Waals surface area contributed by atoms with E-state index in [1.165, 1.54) is 0 Å². The van der Waals surface area contributed by atoms with Gasteiger partial charge in [-0.15, -0.1) is 0 Å². The highest BCUT2D eigenvalue weighted by molar-refractivity contribution is 6.02. The molecule has 0 aliphatic heterocycles. The third-order valence-electron chi connectivity index (χ3n) is 2.77. The number of hydrogen-bond donors (Lipinski definition) is 2. The summed E-state index contributed by atoms with van der Waals surface area (Å²) in [4.78, 5) is 14.1. The van der Waals surface area contributed by atoms with Crippen molar-refractivity contribution in [1.29, 1.82) is 0 Å². The van der Waals surface area contributed by atoms with Gasteiger partial charge in [0.05, 0.1) is 6.54 Å². The van der Waals surface area contributed by atoms with E-state index in [0.29, 0.717) is 5.76 Å². The fourth-order valence-electron chi connectivity index (χ4n) is 1.91. The summed E-state index contributed by atoms with van der Waals surface area (Å²) < 4.78 is 5.32. The Kier molecular flexibility index (Phi) is 4.55. The molecule has 106 valence electrons. The van der Waals surface area contributed by atoms with Gasteiger partial charge in [0.1, 0.15) is 5.76 Å². The van der Waals surface area contributed by atoms with Crippen molar-refractivity contribution < 1.29 is 9.21 Å². The van der Waals surface area contributed by atoms with Crippen LogP contribution in [0.5, 0.6) is 0 Å². The van der Waals surface area contributed by atoms with Gasteiger partial charge in [-0.3, -0.25) is 4.79 Å². The van der Waals surface area contributed by atoms with Gasteiger partial charge in [-0.25, -0.2) is 0 Å². The molecule has 1 aromatic carbocycles. The molecule has 1 amide bonds. The molecule has 2 rings (SSSR count). The lowest BCUT2D eigenvalue weighted by molar-refractivity contribution is 0.0995. The molecule has 1 aromatic heterocycles. The predicted octanol–water partition coefficient (Wildman–Crippen LogP) is 2.05. The summed E-state index contributed by atoms with van der Waals surface area (Å²) in [6.45, 7) is 1.10. The number of nitrogens with one attached hydrogen (secondary N) is 1.